The van der Waals surface area contributed by atoms with Crippen LogP contribution in [-0.4, -0.2) is 54.4 Å². The summed E-state index contributed by atoms with van der Waals surface area (Å²) in [6, 6.07) is 18.5. The third-order valence-electron chi connectivity index (χ3n) is 7.06. The predicted molar refractivity (Wildman–Crippen MR) is 168 cm³/mol. The van der Waals surface area contributed by atoms with Gasteiger partial charge >= 0.3 is 5.97 Å². The van der Waals surface area contributed by atoms with Gasteiger partial charge < -0.3 is 29.2 Å². The molecule has 1 amide bonds. The summed E-state index contributed by atoms with van der Waals surface area (Å²) in [4.78, 5) is 37.3. The number of methoxy groups -OCH3 is 2. The predicted octanol–water partition coefficient (Wildman–Crippen LogP) is 5.14. The molecule has 2 aliphatic rings. The van der Waals surface area contributed by atoms with Crippen molar-refractivity contribution in [1.82, 2.24) is 15.2 Å². The van der Waals surface area contributed by atoms with Crippen LogP contribution in [0.25, 0.3) is 0 Å². The molecule has 2 aliphatic heterocycles. The van der Waals surface area contributed by atoms with Gasteiger partial charge in [-0.2, -0.15) is 0 Å². The molecule has 0 fully saturated rings. The number of aliphatic imine (C=N–C) groups is 1. The molecule has 228 valence electrons. The first-order valence-corrected chi connectivity index (χ1v) is 15.0. The Morgan fingerprint density at radius 3 is 2.52 bits per heavy atom. The lowest BCUT2D eigenvalue weighted by Crippen LogP contribution is -2.38. The van der Waals surface area contributed by atoms with E-state index in [1.54, 1.807) is 33.5 Å². The van der Waals surface area contributed by atoms with Crippen molar-refractivity contribution < 1.29 is 28.5 Å². The van der Waals surface area contributed by atoms with Gasteiger partial charge in [-0.15, -0.1) is 0 Å². The van der Waals surface area contributed by atoms with Gasteiger partial charge in [0.2, 0.25) is 5.91 Å². The van der Waals surface area contributed by atoms with Crippen LogP contribution >= 0.6 is 11.8 Å². The van der Waals surface area contributed by atoms with E-state index in [1.807, 2.05) is 71.0 Å². The number of nitrogens with one attached hydrogen (secondary N) is 1. The highest BCUT2D eigenvalue weighted by Crippen LogP contribution is 2.46. The molecular formula is C33H34N4O6S. The largest absolute Gasteiger partial charge is 0.493 e. The highest BCUT2D eigenvalue weighted by atomic mass is 32.2. The summed E-state index contributed by atoms with van der Waals surface area (Å²) in [6.07, 6.45) is 3.47. The van der Waals surface area contributed by atoms with E-state index in [2.05, 4.69) is 10.3 Å². The summed E-state index contributed by atoms with van der Waals surface area (Å²) in [7, 11) is 3.12. The van der Waals surface area contributed by atoms with Gasteiger partial charge in [-0.05, 0) is 53.3 Å². The average molecular weight is 615 g/mol. The third kappa shape index (κ3) is 7.29. The molecule has 3 aromatic rings. The number of ether oxygens (including phenoxy) is 4. The van der Waals surface area contributed by atoms with Crippen LogP contribution in [0, 0.1) is 0 Å². The standard InChI is InChI=1S/C33H34N4O6S/c1-22-30(32(39)42-16-15-40-2)31(25-9-10-27(28(17-25)41-3)43-20-24-7-5-4-6-8-24)37-26(21-44-33(37)36-22)18-29(38)35-19-23-11-13-34-14-12-23/h4-14,17,21,31H,15-16,18-20H2,1-3H3,(H,35,38). The van der Waals surface area contributed by atoms with E-state index in [4.69, 9.17) is 23.9 Å². The van der Waals surface area contributed by atoms with Crippen molar-refractivity contribution >= 4 is 28.8 Å². The highest BCUT2D eigenvalue weighted by Gasteiger charge is 2.41. The summed E-state index contributed by atoms with van der Waals surface area (Å²) in [6.45, 7) is 2.90. The quantitative estimate of drug-likeness (QED) is 0.207. The Labute approximate surface area is 260 Å². The van der Waals surface area contributed by atoms with Crippen molar-refractivity contribution in [3.05, 3.63) is 112 Å². The maximum absolute atomic E-state index is 13.5. The number of amides is 1. The number of benzene rings is 2. The van der Waals surface area contributed by atoms with E-state index in [1.165, 1.54) is 11.8 Å². The van der Waals surface area contributed by atoms with Gasteiger partial charge in [0.15, 0.2) is 16.7 Å². The fourth-order valence-corrected chi connectivity index (χ4v) is 5.84. The first-order valence-electron chi connectivity index (χ1n) is 14.1. The molecule has 0 saturated heterocycles. The van der Waals surface area contributed by atoms with Gasteiger partial charge in [-0.3, -0.25) is 9.78 Å². The second-order valence-electron chi connectivity index (χ2n) is 10.0. The van der Waals surface area contributed by atoms with Gasteiger partial charge in [-0.25, -0.2) is 9.79 Å². The molecule has 2 aromatic carbocycles. The van der Waals surface area contributed by atoms with Crippen molar-refractivity contribution in [3.8, 4) is 11.5 Å². The fraction of sp³-hybridized carbons (Fsp3) is 0.273. The molecule has 10 nitrogen and oxygen atoms in total. The molecular weight excluding hydrogens is 580 g/mol. The van der Waals surface area contributed by atoms with Crippen molar-refractivity contribution in [2.24, 2.45) is 4.99 Å². The summed E-state index contributed by atoms with van der Waals surface area (Å²) in [5.41, 5.74) is 4.35. The van der Waals surface area contributed by atoms with E-state index >= 15 is 0 Å². The normalized spacial score (nSPS) is 15.7. The molecule has 1 N–H and O–H groups in total. The summed E-state index contributed by atoms with van der Waals surface area (Å²) < 4.78 is 22.5. The molecule has 1 aromatic heterocycles. The SMILES string of the molecule is COCCOC(=O)C1=C(C)N=C2SC=C(CC(=O)NCc3ccncc3)N2C1c1ccc(OCc2ccccc2)c(OC)c1. The number of aromatic nitrogens is 1. The number of carbonyl (C=O) groups is 2. The zero-order valence-electron chi connectivity index (χ0n) is 24.8. The second-order valence-corrected chi connectivity index (χ2v) is 10.9. The smallest absolute Gasteiger partial charge is 0.338 e. The second kappa shape index (κ2) is 14.7. The van der Waals surface area contributed by atoms with Gasteiger partial charge in [0.25, 0.3) is 0 Å². The lowest BCUT2D eigenvalue weighted by Gasteiger charge is -2.36. The topological polar surface area (TPSA) is 112 Å². The number of hydrogen-bond acceptors (Lipinski definition) is 10. The van der Waals surface area contributed by atoms with Gasteiger partial charge in [0, 0.05) is 31.7 Å². The maximum Gasteiger partial charge on any atom is 0.338 e. The number of fused-ring (bicyclic) bond motifs is 1. The van der Waals surface area contributed by atoms with Crippen LogP contribution in [0.1, 0.15) is 36.1 Å². The average Bonchev–Trinajstić information content (AvgIpc) is 3.44. The number of esters is 1. The Balaban J connectivity index is 1.43. The van der Waals surface area contributed by atoms with Crippen LogP contribution in [0.2, 0.25) is 0 Å². The van der Waals surface area contributed by atoms with E-state index < -0.39 is 12.0 Å². The molecule has 11 heteroatoms. The molecule has 3 heterocycles. The Morgan fingerprint density at radius 2 is 1.77 bits per heavy atom. The number of rotatable bonds is 13. The molecule has 1 atom stereocenters. The minimum atomic E-state index is -0.621. The number of thioether (sulfide) groups is 1. The monoisotopic (exact) mass is 614 g/mol. The zero-order chi connectivity index (χ0) is 30.9. The molecule has 1 unspecified atom stereocenters. The van der Waals surface area contributed by atoms with E-state index in [9.17, 15) is 9.59 Å². The molecule has 44 heavy (non-hydrogen) atoms. The van der Waals surface area contributed by atoms with Crippen LogP contribution in [-0.2, 0) is 32.2 Å². The summed E-state index contributed by atoms with van der Waals surface area (Å²) >= 11 is 1.41. The molecule has 0 saturated carbocycles. The Morgan fingerprint density at radius 1 is 0.977 bits per heavy atom. The number of hydrogen-bond donors (Lipinski definition) is 1. The number of allylic oxidation sites excluding steroid dienone is 1. The van der Waals surface area contributed by atoms with E-state index in [0.29, 0.717) is 46.8 Å². The van der Waals surface area contributed by atoms with Crippen LogP contribution < -0.4 is 14.8 Å². The minimum absolute atomic E-state index is 0.0913. The van der Waals surface area contributed by atoms with Crippen molar-refractivity contribution in [2.75, 3.05) is 27.4 Å². The van der Waals surface area contributed by atoms with Crippen LogP contribution in [0.3, 0.4) is 0 Å². The number of carbonyl (C=O) groups excluding carboxylic acids is 2. The van der Waals surface area contributed by atoms with Crippen molar-refractivity contribution in [3.63, 3.8) is 0 Å². The first kappa shape index (κ1) is 30.8. The fourth-order valence-electron chi connectivity index (χ4n) is 4.88. The Kier molecular flexibility index (Phi) is 10.3. The molecule has 5 rings (SSSR count). The van der Waals surface area contributed by atoms with E-state index in [0.717, 1.165) is 16.7 Å². The Hall–Kier alpha value is -4.61. The van der Waals surface area contributed by atoms with Crippen LogP contribution in [0.5, 0.6) is 11.5 Å². The van der Waals surface area contributed by atoms with Crippen molar-refractivity contribution in [1.29, 1.82) is 0 Å². The number of nitrogens with zero attached hydrogens (tertiary/aromatic N) is 3. The Bertz CT molecular complexity index is 1580. The van der Waals surface area contributed by atoms with Crippen molar-refractivity contribution in [2.45, 2.75) is 32.5 Å². The number of amidine groups is 1. The van der Waals surface area contributed by atoms with E-state index in [-0.39, 0.29) is 25.5 Å². The maximum atomic E-state index is 13.5. The number of pyridine rings is 1. The van der Waals surface area contributed by atoms with Crippen LogP contribution in [0.4, 0.5) is 0 Å². The van der Waals surface area contributed by atoms with Gasteiger partial charge in [0.1, 0.15) is 13.2 Å². The van der Waals surface area contributed by atoms with Crippen LogP contribution in [0.15, 0.2) is 100 Å². The molecule has 0 spiro atoms. The lowest BCUT2D eigenvalue weighted by atomic mass is 9.93. The summed E-state index contributed by atoms with van der Waals surface area (Å²) in [5.74, 6) is 0.414. The highest BCUT2D eigenvalue weighted by molar-refractivity contribution is 8.16. The molecule has 0 radical (unpaired) electrons. The first-order chi connectivity index (χ1) is 21.5. The molecule has 0 aliphatic carbocycles. The van der Waals surface area contributed by atoms with Gasteiger partial charge in [-0.1, -0.05) is 48.2 Å². The minimum Gasteiger partial charge on any atom is -0.493 e. The summed E-state index contributed by atoms with van der Waals surface area (Å²) in [5, 5.41) is 5.54. The third-order valence-corrected chi connectivity index (χ3v) is 7.95. The lowest BCUT2D eigenvalue weighted by molar-refractivity contribution is -0.141. The van der Waals surface area contributed by atoms with Gasteiger partial charge in [0.05, 0.1) is 37.4 Å². The zero-order valence-corrected chi connectivity index (χ0v) is 25.6. The molecule has 0 bridgehead atoms.